The third kappa shape index (κ3) is 0.914. The minimum Gasteiger partial charge on any atom is -0.296 e. The lowest BCUT2D eigenvalue weighted by atomic mass is 10.3. The molecule has 2 heterocycles. The first kappa shape index (κ1) is 6.42. The second kappa shape index (κ2) is 2.39. The van der Waals surface area contributed by atoms with Crippen LogP contribution in [0.1, 0.15) is 10.5 Å². The third-order valence-electron chi connectivity index (χ3n) is 1.39. The molecule has 0 unspecified atom stereocenters. The molecule has 3 nitrogen and oxygen atoms in total. The van der Waals surface area contributed by atoms with Gasteiger partial charge < -0.3 is 0 Å². The molecular formula is C7H4N2OS. The van der Waals surface area contributed by atoms with Gasteiger partial charge in [-0.05, 0) is 23.7 Å². The minimum absolute atomic E-state index is 0.484. The van der Waals surface area contributed by atoms with Crippen LogP contribution in [-0.4, -0.2) is 15.6 Å². The number of hydrogen-bond acceptors (Lipinski definition) is 4. The molecule has 4 heteroatoms. The van der Waals surface area contributed by atoms with Crippen molar-refractivity contribution >= 4 is 28.0 Å². The number of pyridine rings is 1. The highest BCUT2D eigenvalue weighted by Gasteiger charge is 2.03. The third-order valence-corrected chi connectivity index (χ3v) is 2.18. The molecule has 11 heavy (non-hydrogen) atoms. The van der Waals surface area contributed by atoms with Gasteiger partial charge in [0, 0.05) is 11.6 Å². The van der Waals surface area contributed by atoms with Crippen LogP contribution in [0, 0.1) is 0 Å². The number of fused-ring (bicyclic) bond motifs is 1. The lowest BCUT2D eigenvalue weighted by Gasteiger charge is -1.83. The molecule has 0 aromatic carbocycles. The quantitative estimate of drug-likeness (QED) is 0.600. The van der Waals surface area contributed by atoms with E-state index in [1.807, 2.05) is 6.07 Å². The van der Waals surface area contributed by atoms with Crippen molar-refractivity contribution in [1.82, 2.24) is 9.36 Å². The summed E-state index contributed by atoms with van der Waals surface area (Å²) < 4.78 is 3.92. The van der Waals surface area contributed by atoms with Crippen LogP contribution in [0.25, 0.3) is 10.2 Å². The standard InChI is InChI=1S/C7H4N2OS/c10-4-6-5-2-1-3-8-7(5)11-9-6/h1-4H. The van der Waals surface area contributed by atoms with Crippen molar-refractivity contribution in [3.63, 3.8) is 0 Å². The smallest absolute Gasteiger partial charge is 0.170 e. The summed E-state index contributed by atoms with van der Waals surface area (Å²) in [5, 5.41) is 0.840. The van der Waals surface area contributed by atoms with Crippen molar-refractivity contribution in [3.05, 3.63) is 24.0 Å². The zero-order valence-electron chi connectivity index (χ0n) is 5.52. The second-order valence-corrected chi connectivity index (χ2v) is 2.79. The van der Waals surface area contributed by atoms with Crippen LogP contribution in [-0.2, 0) is 0 Å². The Kier molecular flexibility index (Phi) is 1.40. The van der Waals surface area contributed by atoms with Gasteiger partial charge >= 0.3 is 0 Å². The summed E-state index contributed by atoms with van der Waals surface area (Å²) in [7, 11) is 0. The summed E-state index contributed by atoms with van der Waals surface area (Å²) in [6, 6.07) is 3.64. The van der Waals surface area contributed by atoms with Gasteiger partial charge in [0.05, 0.1) is 0 Å². The zero-order valence-corrected chi connectivity index (χ0v) is 6.34. The fourth-order valence-corrected chi connectivity index (χ4v) is 1.59. The Morgan fingerprint density at radius 2 is 2.45 bits per heavy atom. The molecule has 0 atom stereocenters. The van der Waals surface area contributed by atoms with Crippen molar-refractivity contribution in [1.29, 1.82) is 0 Å². The molecule has 2 aromatic heterocycles. The van der Waals surface area contributed by atoms with Crippen LogP contribution >= 0.6 is 11.5 Å². The highest BCUT2D eigenvalue weighted by atomic mass is 32.1. The van der Waals surface area contributed by atoms with Gasteiger partial charge in [-0.25, -0.2) is 4.98 Å². The normalized spacial score (nSPS) is 10.2. The molecule has 0 spiro atoms. The van der Waals surface area contributed by atoms with E-state index in [0.717, 1.165) is 16.5 Å². The lowest BCUT2D eigenvalue weighted by molar-refractivity contribution is 0.112. The van der Waals surface area contributed by atoms with E-state index in [9.17, 15) is 4.79 Å². The lowest BCUT2D eigenvalue weighted by Crippen LogP contribution is -1.77. The van der Waals surface area contributed by atoms with E-state index in [1.54, 1.807) is 12.3 Å². The summed E-state index contributed by atoms with van der Waals surface area (Å²) in [4.78, 5) is 15.3. The maximum Gasteiger partial charge on any atom is 0.170 e. The topological polar surface area (TPSA) is 42.9 Å². The number of hydrogen-bond donors (Lipinski definition) is 0. The Balaban J connectivity index is 2.86. The van der Waals surface area contributed by atoms with Crippen molar-refractivity contribution in [2.24, 2.45) is 0 Å². The van der Waals surface area contributed by atoms with Gasteiger partial charge in [0.2, 0.25) is 0 Å². The van der Waals surface area contributed by atoms with Crippen molar-refractivity contribution in [3.8, 4) is 0 Å². The van der Waals surface area contributed by atoms with Gasteiger partial charge in [-0.1, -0.05) is 0 Å². The number of aromatic nitrogens is 2. The van der Waals surface area contributed by atoms with Gasteiger partial charge in [-0.3, -0.25) is 4.79 Å². The molecular weight excluding hydrogens is 160 g/mol. The summed E-state index contributed by atoms with van der Waals surface area (Å²) >= 11 is 1.25. The van der Waals surface area contributed by atoms with Crippen molar-refractivity contribution in [2.45, 2.75) is 0 Å². The van der Waals surface area contributed by atoms with Crippen LogP contribution in [0.3, 0.4) is 0 Å². The fourth-order valence-electron chi connectivity index (χ4n) is 0.885. The molecule has 0 fully saturated rings. The van der Waals surface area contributed by atoms with Crippen molar-refractivity contribution < 1.29 is 4.79 Å². The van der Waals surface area contributed by atoms with E-state index in [-0.39, 0.29) is 0 Å². The van der Waals surface area contributed by atoms with E-state index in [1.165, 1.54) is 11.5 Å². The molecule has 0 N–H and O–H groups in total. The summed E-state index contributed by atoms with van der Waals surface area (Å²) in [5.41, 5.74) is 0.484. The SMILES string of the molecule is O=Cc1nsc2ncccc12. The Labute approximate surface area is 66.9 Å². The monoisotopic (exact) mass is 164 g/mol. The zero-order chi connectivity index (χ0) is 7.68. The summed E-state index contributed by atoms with van der Waals surface area (Å²) in [6.45, 7) is 0. The first-order chi connectivity index (χ1) is 5.42. The Hall–Kier alpha value is -1.29. The Bertz CT molecular complexity index is 396. The maximum atomic E-state index is 10.4. The molecule has 2 aromatic rings. The Morgan fingerprint density at radius 1 is 1.55 bits per heavy atom. The van der Waals surface area contributed by atoms with Crippen LogP contribution in [0.4, 0.5) is 0 Å². The van der Waals surface area contributed by atoms with Gasteiger partial charge in [0.15, 0.2) is 6.29 Å². The van der Waals surface area contributed by atoms with Crippen LogP contribution in [0.2, 0.25) is 0 Å². The molecule has 0 amide bonds. The number of carbonyl (C=O) groups excluding carboxylic acids is 1. The number of rotatable bonds is 1. The highest BCUT2D eigenvalue weighted by molar-refractivity contribution is 7.13. The van der Waals surface area contributed by atoms with Gasteiger partial charge in [0.1, 0.15) is 10.5 Å². The fraction of sp³-hybridized carbons (Fsp3) is 0. The molecule has 0 saturated carbocycles. The number of nitrogens with zero attached hydrogens (tertiary/aromatic N) is 2. The van der Waals surface area contributed by atoms with E-state index in [0.29, 0.717) is 5.69 Å². The number of aldehydes is 1. The average molecular weight is 164 g/mol. The van der Waals surface area contributed by atoms with Gasteiger partial charge in [-0.2, -0.15) is 4.37 Å². The number of carbonyl (C=O) groups is 1. The predicted molar refractivity (Wildman–Crippen MR) is 42.8 cm³/mol. The van der Waals surface area contributed by atoms with Gasteiger partial charge in [-0.15, -0.1) is 0 Å². The maximum absolute atomic E-state index is 10.4. The van der Waals surface area contributed by atoms with Crippen molar-refractivity contribution in [2.75, 3.05) is 0 Å². The van der Waals surface area contributed by atoms with E-state index in [4.69, 9.17) is 0 Å². The van der Waals surface area contributed by atoms with Gasteiger partial charge in [0.25, 0.3) is 0 Å². The first-order valence-electron chi connectivity index (χ1n) is 3.07. The molecule has 0 bridgehead atoms. The van der Waals surface area contributed by atoms with Crippen LogP contribution in [0.15, 0.2) is 18.3 Å². The predicted octanol–water partition coefficient (Wildman–Crippen LogP) is 1.50. The molecule has 0 saturated heterocycles. The molecule has 0 aliphatic carbocycles. The van der Waals surface area contributed by atoms with E-state index >= 15 is 0 Å². The summed E-state index contributed by atoms with van der Waals surface area (Å²) in [5.74, 6) is 0. The van der Waals surface area contributed by atoms with Crippen LogP contribution in [0.5, 0.6) is 0 Å². The molecule has 2 rings (SSSR count). The largest absolute Gasteiger partial charge is 0.296 e. The second-order valence-electron chi connectivity index (χ2n) is 2.04. The molecule has 0 radical (unpaired) electrons. The van der Waals surface area contributed by atoms with E-state index in [2.05, 4.69) is 9.36 Å². The van der Waals surface area contributed by atoms with Crippen LogP contribution < -0.4 is 0 Å². The molecule has 54 valence electrons. The minimum atomic E-state index is 0.484. The Morgan fingerprint density at radius 3 is 3.27 bits per heavy atom. The highest BCUT2D eigenvalue weighted by Crippen LogP contribution is 2.17. The summed E-state index contributed by atoms with van der Waals surface area (Å²) in [6.07, 6.45) is 2.44. The average Bonchev–Trinajstić information content (AvgIpc) is 2.47. The first-order valence-corrected chi connectivity index (χ1v) is 3.85. The van der Waals surface area contributed by atoms with E-state index < -0.39 is 0 Å². The molecule has 0 aliphatic rings. The molecule has 0 aliphatic heterocycles.